The molecule has 7 heterocycles. The number of hydrogen-bond acceptors (Lipinski definition) is 15. The molecular formula is C21H25N9O8P2S3. The summed E-state index contributed by atoms with van der Waals surface area (Å²) in [5.74, 6) is 0.242. The van der Waals surface area contributed by atoms with Crippen molar-refractivity contribution in [3.8, 4) is 0 Å². The molecular weight excluding hydrogens is 664 g/mol. The largest absolute Gasteiger partial charge is 0.383 e. The second kappa shape index (κ2) is 11.1. The molecule has 2 bridgehead atoms. The highest BCUT2D eigenvalue weighted by atomic mass is 32.9. The lowest BCUT2D eigenvalue weighted by atomic mass is 10.2. The van der Waals surface area contributed by atoms with Gasteiger partial charge in [0.1, 0.15) is 36.2 Å². The summed E-state index contributed by atoms with van der Waals surface area (Å²) in [5.41, 5.74) is 8.86. The van der Waals surface area contributed by atoms with E-state index in [1.165, 1.54) is 17.2 Å². The van der Waals surface area contributed by atoms with Crippen LogP contribution >= 0.6 is 24.7 Å². The van der Waals surface area contributed by atoms with Gasteiger partial charge in [-0.05, 0) is 29.7 Å². The number of nitrogens with zero attached hydrogens (tertiary/aromatic N) is 6. The van der Waals surface area contributed by atoms with Crippen molar-refractivity contribution in [3.05, 3.63) is 35.3 Å². The van der Waals surface area contributed by atoms with Gasteiger partial charge < -0.3 is 48.5 Å². The van der Waals surface area contributed by atoms with Gasteiger partial charge in [-0.25, -0.2) is 15.0 Å². The number of H-pyrrole nitrogens is 1. The number of anilines is 2. The second-order valence-electron chi connectivity index (χ2n) is 10.1. The Bertz CT molecular complexity index is 1870. The van der Waals surface area contributed by atoms with Crippen LogP contribution in [-0.2, 0) is 51.2 Å². The molecule has 17 nitrogen and oxygen atoms in total. The molecule has 2 unspecified atom stereocenters. The molecule has 3 fully saturated rings. The molecule has 0 radical (unpaired) electrons. The Balaban J connectivity index is 1.17. The summed E-state index contributed by atoms with van der Waals surface area (Å²) in [6.45, 7) is -3.99. The number of fused-ring (bicyclic) bond motifs is 5. The maximum absolute atomic E-state index is 12.3. The van der Waals surface area contributed by atoms with Crippen LogP contribution in [0.1, 0.15) is 25.3 Å². The van der Waals surface area contributed by atoms with Gasteiger partial charge in [-0.2, -0.15) is 4.98 Å². The third kappa shape index (κ3) is 5.76. The number of nitrogen functional groups attached to an aromatic ring is 2. The van der Waals surface area contributed by atoms with Crippen molar-refractivity contribution in [3.63, 3.8) is 0 Å². The number of thiol groups is 1. The van der Waals surface area contributed by atoms with Crippen molar-refractivity contribution in [2.75, 3.05) is 24.7 Å². The summed E-state index contributed by atoms with van der Waals surface area (Å²) in [4.78, 5) is 42.5. The third-order valence-electron chi connectivity index (χ3n) is 7.26. The first-order chi connectivity index (χ1) is 20.5. The summed E-state index contributed by atoms with van der Waals surface area (Å²) >= 11 is 15.6. The normalized spacial score (nSPS) is 35.4. The fourth-order valence-corrected chi connectivity index (χ4v) is 8.90. The van der Waals surface area contributed by atoms with E-state index >= 15 is 0 Å². The molecule has 3 aliphatic rings. The Hall–Kier alpha value is -2.06. The van der Waals surface area contributed by atoms with E-state index in [4.69, 9.17) is 62.6 Å². The number of hydrogen-bond donors (Lipinski definition) is 5. The van der Waals surface area contributed by atoms with Crippen molar-refractivity contribution in [1.82, 2.24) is 34.1 Å². The molecule has 3 saturated heterocycles. The molecule has 22 heteroatoms. The summed E-state index contributed by atoms with van der Waals surface area (Å²) in [7, 11) is 0. The van der Waals surface area contributed by atoms with Crippen molar-refractivity contribution in [2.45, 2.75) is 49.7 Å². The van der Waals surface area contributed by atoms with E-state index in [2.05, 4.69) is 37.2 Å². The second-order valence-corrected chi connectivity index (χ2v) is 18.1. The van der Waals surface area contributed by atoms with Crippen LogP contribution in [0.15, 0.2) is 29.7 Å². The predicted octanol–water partition coefficient (Wildman–Crippen LogP) is 1.49. The Morgan fingerprint density at radius 2 is 1.86 bits per heavy atom. The number of ether oxygens (including phenoxy) is 2. The fourth-order valence-electron chi connectivity index (χ4n) is 5.40. The first-order valence-corrected chi connectivity index (χ1v) is 19.3. The minimum Gasteiger partial charge on any atom is -0.383 e. The predicted molar refractivity (Wildman–Crippen MR) is 163 cm³/mol. The van der Waals surface area contributed by atoms with Crippen LogP contribution in [0.5, 0.6) is 0 Å². The van der Waals surface area contributed by atoms with Gasteiger partial charge >= 0.3 is 6.72 Å². The van der Waals surface area contributed by atoms with Gasteiger partial charge in [0.05, 0.1) is 37.1 Å². The van der Waals surface area contributed by atoms with E-state index in [9.17, 15) is 9.69 Å². The summed E-state index contributed by atoms with van der Waals surface area (Å²) in [6, 6.07) is 1.79. The molecule has 6 N–H and O–H groups in total. The van der Waals surface area contributed by atoms with Crippen LogP contribution in [0.25, 0.3) is 22.2 Å². The molecule has 43 heavy (non-hydrogen) atoms. The van der Waals surface area contributed by atoms with Crippen LogP contribution in [-0.4, -0.2) is 76.6 Å². The molecule has 0 aliphatic carbocycles. The molecule has 3 aliphatic heterocycles. The van der Waals surface area contributed by atoms with E-state index in [-0.39, 0.29) is 43.2 Å². The van der Waals surface area contributed by atoms with Crippen molar-refractivity contribution in [2.24, 2.45) is 0 Å². The minimum atomic E-state index is -3.79. The van der Waals surface area contributed by atoms with Gasteiger partial charge in [-0.1, -0.05) is 12.2 Å². The third-order valence-corrected chi connectivity index (χ3v) is 11.1. The summed E-state index contributed by atoms with van der Waals surface area (Å²) in [5, 5.41) is 0.665. The van der Waals surface area contributed by atoms with Gasteiger partial charge in [0.15, 0.2) is 17.4 Å². The Kier molecular flexibility index (Phi) is 7.64. The summed E-state index contributed by atoms with van der Waals surface area (Å²) < 4.78 is 39.8. The molecule has 4 aromatic heterocycles. The van der Waals surface area contributed by atoms with Crippen LogP contribution in [0, 0.1) is 0 Å². The van der Waals surface area contributed by atoms with Crippen LogP contribution in [0.3, 0.4) is 0 Å². The molecule has 8 atom stereocenters. The average Bonchev–Trinajstić information content (AvgIpc) is 3.71. The minimum absolute atomic E-state index is 0.0649. The molecule has 4 aromatic rings. The van der Waals surface area contributed by atoms with Gasteiger partial charge in [0.2, 0.25) is 11.6 Å². The van der Waals surface area contributed by atoms with Gasteiger partial charge in [-0.3, -0.25) is 14.3 Å². The van der Waals surface area contributed by atoms with E-state index in [0.717, 1.165) is 0 Å². The van der Waals surface area contributed by atoms with Crippen LogP contribution < -0.4 is 17.0 Å². The highest BCUT2D eigenvalue weighted by molar-refractivity contribution is 8.60. The lowest BCUT2D eigenvalue weighted by molar-refractivity contribution is -0.0546. The van der Waals surface area contributed by atoms with Crippen molar-refractivity contribution >= 4 is 82.2 Å². The number of nitrogens with two attached hydrogens (primary N) is 2. The zero-order valence-electron chi connectivity index (χ0n) is 21.9. The topological polar surface area (TPSA) is 222 Å². The maximum atomic E-state index is 12.3. The smallest absolute Gasteiger partial charge is 0.324 e. The number of aromatic nitrogens is 7. The number of rotatable bonds is 2. The molecule has 0 spiro atoms. The van der Waals surface area contributed by atoms with Crippen LogP contribution in [0.4, 0.5) is 11.8 Å². The summed E-state index contributed by atoms with van der Waals surface area (Å²) in [6.07, 6.45) is 0.878. The maximum Gasteiger partial charge on any atom is 0.324 e. The number of nitrogens with one attached hydrogen (secondary N) is 1. The number of aromatic amines is 1. The molecule has 7 rings (SSSR count). The first kappa shape index (κ1) is 29.6. The van der Waals surface area contributed by atoms with Crippen LogP contribution in [0.2, 0.25) is 0 Å². The molecule has 0 saturated carbocycles. The van der Waals surface area contributed by atoms with Gasteiger partial charge in [-0.15, -0.1) is 0 Å². The van der Waals surface area contributed by atoms with E-state index in [1.54, 1.807) is 16.8 Å². The Morgan fingerprint density at radius 1 is 1.02 bits per heavy atom. The lowest BCUT2D eigenvalue weighted by Crippen LogP contribution is -2.29. The lowest BCUT2D eigenvalue weighted by Gasteiger charge is -2.28. The van der Waals surface area contributed by atoms with E-state index in [0.29, 0.717) is 16.9 Å². The number of imidazole rings is 1. The zero-order valence-corrected chi connectivity index (χ0v) is 26.2. The monoisotopic (exact) mass is 689 g/mol. The fraction of sp³-hybridized carbons (Fsp3) is 0.476. The van der Waals surface area contributed by atoms with E-state index < -0.39 is 54.8 Å². The Labute approximate surface area is 257 Å². The standard InChI is InChI=1S/C21H25N9O8P2S3/c22-16-10-1-2-29(17(10)25-7-24-16)14-4-11-13(36-14)6-34-40(42,43)38-12-3-9(5-33-39(32,41)37-11)35-20(12)30-8-26-15-18(30)27-21(23)28-19(15)31/h1-2,7-9,11-14,20H,3-6H2,(H,32,41)(H,42,43)(H2,22,24,25)(H3,23,27,28,31)/t9-,11-,12+,13+,14+,20+,39?/m0/s1. The van der Waals surface area contributed by atoms with Gasteiger partial charge in [0, 0.05) is 19.0 Å². The molecule has 0 amide bonds. The van der Waals surface area contributed by atoms with Crippen molar-refractivity contribution < 1.29 is 32.5 Å². The zero-order chi connectivity index (χ0) is 30.1. The molecule has 230 valence electrons. The Morgan fingerprint density at radius 3 is 2.70 bits per heavy atom. The van der Waals surface area contributed by atoms with Crippen molar-refractivity contribution in [1.29, 1.82) is 0 Å². The van der Waals surface area contributed by atoms with Gasteiger partial charge in [0.25, 0.3) is 5.56 Å². The van der Waals surface area contributed by atoms with E-state index in [1.807, 2.05) is 0 Å². The molecule has 0 aromatic carbocycles. The quantitative estimate of drug-likeness (QED) is 0.149. The first-order valence-electron chi connectivity index (χ1n) is 12.9. The average molecular weight is 690 g/mol. The SMILES string of the molecule is Nc1nc2c(ncn2[C@@H]2O[C@@H]3COP(O)(=S)O[C@H]4C[C@H](n5ccc6c(N)ncnc65)O[C@@H]4COP(=S)(S)O[C@@H]2C3)c(=O)[nH]1. The highest BCUT2D eigenvalue weighted by Crippen LogP contribution is 2.58. The highest BCUT2D eigenvalue weighted by Gasteiger charge is 2.45.